The lowest BCUT2D eigenvalue weighted by Gasteiger charge is -2.03. The van der Waals surface area contributed by atoms with Crippen LogP contribution in [0, 0.1) is 13.8 Å². The zero-order chi connectivity index (χ0) is 9.84. The van der Waals surface area contributed by atoms with E-state index in [0.717, 1.165) is 17.0 Å². The Bertz CT molecular complexity index is 281. The molecule has 0 aliphatic rings. The molecule has 0 saturated carbocycles. The van der Waals surface area contributed by atoms with Gasteiger partial charge in [0.15, 0.2) is 0 Å². The molecule has 1 aromatic rings. The summed E-state index contributed by atoms with van der Waals surface area (Å²) in [6.07, 6.45) is 0. The summed E-state index contributed by atoms with van der Waals surface area (Å²) in [6.45, 7) is 6.95. The molecule has 4 nitrogen and oxygen atoms in total. The maximum atomic E-state index is 9.04. The Hall–Kier alpha value is -0.870. The van der Waals surface area contributed by atoms with Crippen LogP contribution in [0.3, 0.4) is 0 Å². The number of aromatic nitrogens is 2. The molecule has 0 amide bonds. The van der Waals surface area contributed by atoms with Crippen LogP contribution in [0.2, 0.25) is 0 Å². The van der Waals surface area contributed by atoms with Crippen LogP contribution in [0.4, 0.5) is 0 Å². The number of aliphatic hydroxyl groups excluding tert-OH is 1. The van der Waals surface area contributed by atoms with Crippen molar-refractivity contribution in [3.63, 3.8) is 0 Å². The lowest BCUT2D eigenvalue weighted by molar-refractivity contribution is 0.0774. The highest BCUT2D eigenvalue weighted by Gasteiger charge is 2.09. The molecule has 74 valence electrons. The van der Waals surface area contributed by atoms with Crippen molar-refractivity contribution in [2.24, 2.45) is 0 Å². The van der Waals surface area contributed by atoms with Crippen LogP contribution in [0.1, 0.15) is 23.9 Å². The maximum absolute atomic E-state index is 9.04. The molecule has 0 saturated heterocycles. The van der Waals surface area contributed by atoms with E-state index in [0.29, 0.717) is 13.3 Å². The summed E-state index contributed by atoms with van der Waals surface area (Å²) in [4.78, 5) is 0. The van der Waals surface area contributed by atoms with E-state index in [1.165, 1.54) is 0 Å². The molecule has 0 atom stereocenters. The highest BCUT2D eigenvalue weighted by Crippen LogP contribution is 2.12. The minimum absolute atomic E-state index is 0.0454. The predicted octanol–water partition coefficient (Wildman–Crippen LogP) is 0.986. The van der Waals surface area contributed by atoms with Gasteiger partial charge in [-0.25, -0.2) is 4.68 Å². The normalized spacial score (nSPS) is 10.8. The van der Waals surface area contributed by atoms with Gasteiger partial charge in [-0.1, -0.05) is 0 Å². The highest BCUT2D eigenvalue weighted by atomic mass is 16.5. The fraction of sp³-hybridized carbons (Fsp3) is 0.667. The van der Waals surface area contributed by atoms with Crippen LogP contribution in [0.5, 0.6) is 0 Å². The van der Waals surface area contributed by atoms with Crippen molar-refractivity contribution in [1.82, 2.24) is 9.78 Å². The van der Waals surface area contributed by atoms with Gasteiger partial charge < -0.3 is 9.84 Å². The maximum Gasteiger partial charge on any atom is 0.139 e. The first kappa shape index (κ1) is 10.2. The molecule has 0 unspecified atom stereocenters. The van der Waals surface area contributed by atoms with Crippen molar-refractivity contribution in [3.8, 4) is 0 Å². The molecule has 0 bridgehead atoms. The molecular formula is C9H16N2O2. The second-order valence-corrected chi connectivity index (χ2v) is 2.93. The molecule has 0 aliphatic heterocycles. The number of hydrogen-bond acceptors (Lipinski definition) is 3. The fourth-order valence-corrected chi connectivity index (χ4v) is 1.27. The van der Waals surface area contributed by atoms with Crippen molar-refractivity contribution in [3.05, 3.63) is 17.0 Å². The molecule has 0 spiro atoms. The fourth-order valence-electron chi connectivity index (χ4n) is 1.27. The van der Waals surface area contributed by atoms with Crippen LogP contribution in [0.25, 0.3) is 0 Å². The molecule has 0 fully saturated rings. The summed E-state index contributed by atoms with van der Waals surface area (Å²) in [5.41, 5.74) is 2.76. The van der Waals surface area contributed by atoms with Crippen molar-refractivity contribution in [2.45, 2.75) is 34.1 Å². The van der Waals surface area contributed by atoms with Gasteiger partial charge in [0.1, 0.15) is 6.73 Å². The highest BCUT2D eigenvalue weighted by molar-refractivity contribution is 5.23. The monoisotopic (exact) mass is 184 g/mol. The van der Waals surface area contributed by atoms with E-state index >= 15 is 0 Å². The Balaban J connectivity index is 2.83. The quantitative estimate of drug-likeness (QED) is 0.759. The van der Waals surface area contributed by atoms with E-state index in [-0.39, 0.29) is 6.61 Å². The summed E-state index contributed by atoms with van der Waals surface area (Å²) in [5.74, 6) is 0. The Morgan fingerprint density at radius 2 is 2.15 bits per heavy atom. The summed E-state index contributed by atoms with van der Waals surface area (Å²) in [6, 6.07) is 0. The Kier molecular flexibility index (Phi) is 3.45. The summed E-state index contributed by atoms with van der Waals surface area (Å²) >= 11 is 0. The van der Waals surface area contributed by atoms with Crippen LogP contribution < -0.4 is 0 Å². The van der Waals surface area contributed by atoms with Gasteiger partial charge in [-0.15, -0.1) is 0 Å². The number of aliphatic hydroxyl groups is 1. The zero-order valence-corrected chi connectivity index (χ0v) is 8.37. The Morgan fingerprint density at radius 3 is 2.62 bits per heavy atom. The molecular weight excluding hydrogens is 168 g/mol. The van der Waals surface area contributed by atoms with Gasteiger partial charge >= 0.3 is 0 Å². The van der Waals surface area contributed by atoms with Crippen molar-refractivity contribution < 1.29 is 9.84 Å². The van der Waals surface area contributed by atoms with E-state index in [9.17, 15) is 0 Å². The van der Waals surface area contributed by atoms with Gasteiger partial charge in [0.05, 0.1) is 12.3 Å². The van der Waals surface area contributed by atoms with Crippen LogP contribution >= 0.6 is 0 Å². The first-order valence-corrected chi connectivity index (χ1v) is 4.42. The van der Waals surface area contributed by atoms with Crippen molar-refractivity contribution in [1.29, 1.82) is 0 Å². The third-order valence-corrected chi connectivity index (χ3v) is 2.11. The van der Waals surface area contributed by atoms with E-state index in [1.807, 2.05) is 20.8 Å². The van der Waals surface area contributed by atoms with Crippen LogP contribution in [0.15, 0.2) is 0 Å². The molecule has 1 rings (SSSR count). The molecule has 13 heavy (non-hydrogen) atoms. The molecule has 1 N–H and O–H groups in total. The minimum atomic E-state index is 0.0454. The smallest absolute Gasteiger partial charge is 0.139 e. The first-order valence-electron chi connectivity index (χ1n) is 4.42. The zero-order valence-electron chi connectivity index (χ0n) is 8.37. The van der Waals surface area contributed by atoms with Gasteiger partial charge in [0.2, 0.25) is 0 Å². The van der Waals surface area contributed by atoms with E-state index in [1.54, 1.807) is 4.68 Å². The van der Waals surface area contributed by atoms with E-state index in [4.69, 9.17) is 9.84 Å². The third-order valence-electron chi connectivity index (χ3n) is 2.11. The van der Waals surface area contributed by atoms with Crippen molar-refractivity contribution in [2.75, 3.05) is 6.61 Å². The van der Waals surface area contributed by atoms with Gasteiger partial charge in [-0.05, 0) is 20.8 Å². The summed E-state index contributed by atoms with van der Waals surface area (Å²) in [7, 11) is 0. The van der Waals surface area contributed by atoms with Gasteiger partial charge in [-0.3, -0.25) is 0 Å². The van der Waals surface area contributed by atoms with E-state index < -0.39 is 0 Å². The first-order chi connectivity index (χ1) is 6.20. The third kappa shape index (κ3) is 2.08. The van der Waals surface area contributed by atoms with Crippen LogP contribution in [-0.2, 0) is 18.1 Å². The number of ether oxygens (including phenoxy) is 1. The Labute approximate surface area is 78.1 Å². The number of aryl methyl sites for hydroxylation is 1. The predicted molar refractivity (Wildman–Crippen MR) is 49.2 cm³/mol. The average Bonchev–Trinajstić information content (AvgIpc) is 2.38. The number of rotatable bonds is 4. The lowest BCUT2D eigenvalue weighted by Crippen LogP contribution is -2.06. The van der Waals surface area contributed by atoms with Gasteiger partial charge in [0, 0.05) is 17.9 Å². The number of hydrogen-bond donors (Lipinski definition) is 1. The molecule has 1 aromatic heterocycles. The lowest BCUT2D eigenvalue weighted by atomic mass is 10.2. The molecule has 0 aliphatic carbocycles. The molecule has 1 heterocycles. The number of nitrogens with zero attached hydrogens (tertiary/aromatic N) is 2. The van der Waals surface area contributed by atoms with Crippen LogP contribution in [-0.4, -0.2) is 21.5 Å². The van der Waals surface area contributed by atoms with Crippen molar-refractivity contribution >= 4 is 0 Å². The standard InChI is InChI=1S/C9H16N2O2/c1-4-13-6-11-8(3)9(5-12)7(2)10-11/h12H,4-6H2,1-3H3. The minimum Gasteiger partial charge on any atom is -0.392 e. The Morgan fingerprint density at radius 1 is 1.46 bits per heavy atom. The second kappa shape index (κ2) is 4.39. The molecule has 4 heteroatoms. The summed E-state index contributed by atoms with van der Waals surface area (Å²) in [5, 5.41) is 13.3. The topological polar surface area (TPSA) is 47.3 Å². The van der Waals surface area contributed by atoms with Gasteiger partial charge in [-0.2, -0.15) is 5.10 Å². The summed E-state index contributed by atoms with van der Waals surface area (Å²) < 4.78 is 7.00. The SMILES string of the molecule is CCOCn1nc(C)c(CO)c1C. The molecule has 0 aromatic carbocycles. The van der Waals surface area contributed by atoms with E-state index in [2.05, 4.69) is 5.10 Å². The van der Waals surface area contributed by atoms with Gasteiger partial charge in [0.25, 0.3) is 0 Å². The average molecular weight is 184 g/mol. The molecule has 0 radical (unpaired) electrons. The largest absolute Gasteiger partial charge is 0.392 e. The second-order valence-electron chi connectivity index (χ2n) is 2.93.